The molecular formula is C5H7IN4. The summed E-state index contributed by atoms with van der Waals surface area (Å²) in [6, 6.07) is 0. The zero-order valence-corrected chi connectivity index (χ0v) is 7.50. The molecule has 0 aliphatic carbocycles. The van der Waals surface area contributed by atoms with Gasteiger partial charge in [-0.05, 0) is 0 Å². The van der Waals surface area contributed by atoms with E-state index >= 15 is 0 Å². The average Bonchev–Trinajstić information content (AvgIpc) is 2.34. The van der Waals surface area contributed by atoms with E-state index in [2.05, 4.69) is 42.7 Å². The van der Waals surface area contributed by atoms with Crippen molar-refractivity contribution in [3.8, 4) is 0 Å². The maximum absolute atomic E-state index is 4.00. The lowest BCUT2D eigenvalue weighted by Gasteiger charge is -2.13. The maximum atomic E-state index is 4.00. The van der Waals surface area contributed by atoms with E-state index in [0.717, 1.165) is 29.3 Å². The molecule has 1 N–H and O–H groups in total. The van der Waals surface area contributed by atoms with Gasteiger partial charge in [0.2, 0.25) is 0 Å². The van der Waals surface area contributed by atoms with Gasteiger partial charge in [0.25, 0.3) is 0 Å². The van der Waals surface area contributed by atoms with Crippen LogP contribution in [0, 0.1) is 3.83 Å². The highest BCUT2D eigenvalue weighted by atomic mass is 127. The third-order valence-corrected chi connectivity index (χ3v) is 2.38. The number of halogens is 1. The highest BCUT2D eigenvalue weighted by Gasteiger charge is 2.12. The number of aromatic nitrogens is 3. The van der Waals surface area contributed by atoms with Gasteiger partial charge in [0.1, 0.15) is 5.82 Å². The van der Waals surface area contributed by atoms with Crippen molar-refractivity contribution >= 4 is 22.6 Å². The van der Waals surface area contributed by atoms with Crippen molar-refractivity contribution in [2.45, 2.75) is 13.1 Å². The fourth-order valence-corrected chi connectivity index (χ4v) is 1.68. The number of rotatable bonds is 0. The van der Waals surface area contributed by atoms with Crippen molar-refractivity contribution in [3.05, 3.63) is 9.66 Å². The first kappa shape index (κ1) is 6.53. The summed E-state index contributed by atoms with van der Waals surface area (Å²) in [5.41, 5.74) is 0. The summed E-state index contributed by atoms with van der Waals surface area (Å²) < 4.78 is 3.13. The molecule has 1 aliphatic rings. The Morgan fingerprint density at radius 1 is 1.50 bits per heavy atom. The van der Waals surface area contributed by atoms with E-state index in [9.17, 15) is 0 Å². The van der Waals surface area contributed by atoms with Crippen LogP contribution in [0.1, 0.15) is 5.82 Å². The average molecular weight is 250 g/mol. The van der Waals surface area contributed by atoms with Crippen molar-refractivity contribution in [1.29, 1.82) is 0 Å². The molecule has 0 radical (unpaired) electrons. The van der Waals surface area contributed by atoms with Gasteiger partial charge in [-0.3, -0.25) is 0 Å². The van der Waals surface area contributed by atoms with Gasteiger partial charge >= 0.3 is 0 Å². The molecule has 5 heteroatoms. The summed E-state index contributed by atoms with van der Waals surface area (Å²) in [5.74, 6) is 1.05. The zero-order chi connectivity index (χ0) is 6.97. The molecule has 54 valence electrons. The summed E-state index contributed by atoms with van der Waals surface area (Å²) in [5, 5.41) is 11.2. The van der Waals surface area contributed by atoms with Crippen molar-refractivity contribution < 1.29 is 0 Å². The fourth-order valence-electron chi connectivity index (χ4n) is 1.06. The molecule has 0 saturated heterocycles. The van der Waals surface area contributed by atoms with Crippen molar-refractivity contribution in [2.24, 2.45) is 0 Å². The van der Waals surface area contributed by atoms with Crippen molar-refractivity contribution in [2.75, 3.05) is 6.54 Å². The van der Waals surface area contributed by atoms with Crippen LogP contribution in [0.25, 0.3) is 0 Å². The molecule has 1 aromatic rings. The third-order valence-electron chi connectivity index (χ3n) is 1.58. The number of nitrogens with zero attached hydrogens (tertiary/aromatic N) is 3. The second-order valence-electron chi connectivity index (χ2n) is 2.21. The minimum Gasteiger partial charge on any atom is -0.308 e. The minimum absolute atomic E-state index is 0.857. The van der Waals surface area contributed by atoms with Crippen molar-refractivity contribution in [3.63, 3.8) is 0 Å². The highest BCUT2D eigenvalue weighted by Crippen LogP contribution is 2.06. The molecule has 0 bridgehead atoms. The first-order valence-corrected chi connectivity index (χ1v) is 4.24. The van der Waals surface area contributed by atoms with Gasteiger partial charge in [0, 0.05) is 35.7 Å². The fraction of sp³-hybridized carbons (Fsp3) is 0.600. The van der Waals surface area contributed by atoms with E-state index in [1.807, 2.05) is 0 Å². The summed E-state index contributed by atoms with van der Waals surface area (Å²) in [7, 11) is 0. The Morgan fingerprint density at radius 3 is 3.20 bits per heavy atom. The van der Waals surface area contributed by atoms with Crippen molar-refractivity contribution in [1.82, 2.24) is 20.1 Å². The molecule has 0 aromatic carbocycles. The van der Waals surface area contributed by atoms with Crippen LogP contribution in [0.5, 0.6) is 0 Å². The Balaban J connectivity index is 2.45. The molecule has 0 saturated carbocycles. The summed E-state index contributed by atoms with van der Waals surface area (Å²) >= 11 is 2.20. The summed E-state index contributed by atoms with van der Waals surface area (Å²) in [6.07, 6.45) is 0. The van der Waals surface area contributed by atoms with Gasteiger partial charge in [0.05, 0.1) is 6.54 Å². The number of hydrogen-bond donors (Lipinski definition) is 1. The largest absolute Gasteiger partial charge is 0.308 e. The molecule has 0 unspecified atom stereocenters. The molecule has 2 heterocycles. The van der Waals surface area contributed by atoms with E-state index < -0.39 is 0 Å². The van der Waals surface area contributed by atoms with Crippen LogP contribution in [0.2, 0.25) is 0 Å². The molecule has 0 spiro atoms. The SMILES string of the molecule is Ic1nnc2n1CCNC2. The van der Waals surface area contributed by atoms with E-state index in [4.69, 9.17) is 0 Å². The lowest BCUT2D eigenvalue weighted by Crippen LogP contribution is -2.28. The topological polar surface area (TPSA) is 42.7 Å². The van der Waals surface area contributed by atoms with Gasteiger partial charge in [-0.15, -0.1) is 10.2 Å². The van der Waals surface area contributed by atoms with Crippen LogP contribution in [0.3, 0.4) is 0 Å². The summed E-state index contributed by atoms with van der Waals surface area (Å²) in [4.78, 5) is 0. The number of fused-ring (bicyclic) bond motifs is 1. The number of nitrogens with one attached hydrogen (secondary N) is 1. The minimum atomic E-state index is 0.857. The maximum Gasteiger partial charge on any atom is 0.194 e. The van der Waals surface area contributed by atoms with Gasteiger partial charge < -0.3 is 9.88 Å². The quantitative estimate of drug-likeness (QED) is 0.658. The van der Waals surface area contributed by atoms with Crippen LogP contribution >= 0.6 is 22.6 Å². The Bertz CT molecular complexity index is 244. The molecule has 10 heavy (non-hydrogen) atoms. The number of hydrogen-bond acceptors (Lipinski definition) is 3. The Hall–Kier alpha value is -0.170. The Morgan fingerprint density at radius 2 is 2.40 bits per heavy atom. The van der Waals surface area contributed by atoms with Crippen LogP contribution in [0.4, 0.5) is 0 Å². The van der Waals surface area contributed by atoms with E-state index in [0.29, 0.717) is 0 Å². The van der Waals surface area contributed by atoms with Crippen LogP contribution < -0.4 is 5.32 Å². The summed E-state index contributed by atoms with van der Waals surface area (Å²) in [6.45, 7) is 2.89. The van der Waals surface area contributed by atoms with E-state index in [1.165, 1.54) is 0 Å². The molecule has 4 nitrogen and oxygen atoms in total. The molecule has 0 fully saturated rings. The molecule has 1 aliphatic heterocycles. The highest BCUT2D eigenvalue weighted by molar-refractivity contribution is 14.1. The lowest BCUT2D eigenvalue weighted by atomic mass is 10.4. The first-order valence-electron chi connectivity index (χ1n) is 3.16. The molecular weight excluding hydrogens is 243 g/mol. The Kier molecular flexibility index (Phi) is 1.61. The molecule has 1 aromatic heterocycles. The standard InChI is InChI=1S/C5H7IN4/c6-5-9-8-4-3-7-1-2-10(4)5/h7H,1-3H2. The molecule has 0 amide bonds. The third kappa shape index (κ3) is 0.929. The molecule has 0 atom stereocenters. The normalized spacial score (nSPS) is 16.9. The first-order chi connectivity index (χ1) is 4.88. The zero-order valence-electron chi connectivity index (χ0n) is 5.34. The lowest BCUT2D eigenvalue weighted by molar-refractivity contribution is 0.499. The van der Waals surface area contributed by atoms with Gasteiger partial charge in [-0.1, -0.05) is 0 Å². The van der Waals surface area contributed by atoms with Crippen LogP contribution in [0.15, 0.2) is 0 Å². The van der Waals surface area contributed by atoms with E-state index in [1.54, 1.807) is 0 Å². The predicted molar refractivity (Wildman–Crippen MR) is 44.4 cm³/mol. The molecule has 2 rings (SSSR count). The monoisotopic (exact) mass is 250 g/mol. The second-order valence-corrected chi connectivity index (χ2v) is 3.18. The predicted octanol–water partition coefficient (Wildman–Crippen LogP) is -0.0141. The van der Waals surface area contributed by atoms with Crippen LogP contribution in [-0.2, 0) is 13.1 Å². The van der Waals surface area contributed by atoms with Gasteiger partial charge in [0.15, 0.2) is 3.83 Å². The van der Waals surface area contributed by atoms with Gasteiger partial charge in [-0.2, -0.15) is 0 Å². The Labute approximate surface area is 72.2 Å². The second kappa shape index (κ2) is 2.46. The van der Waals surface area contributed by atoms with Crippen LogP contribution in [-0.4, -0.2) is 21.3 Å². The smallest absolute Gasteiger partial charge is 0.194 e. The van der Waals surface area contributed by atoms with E-state index in [-0.39, 0.29) is 0 Å². The van der Waals surface area contributed by atoms with Gasteiger partial charge in [-0.25, -0.2) is 0 Å².